The molecule has 0 aliphatic rings. The van der Waals surface area contributed by atoms with Crippen molar-refractivity contribution in [1.29, 1.82) is 5.26 Å². The lowest BCUT2D eigenvalue weighted by molar-refractivity contribution is -0.152. The molecule has 0 saturated carbocycles. The van der Waals surface area contributed by atoms with Crippen molar-refractivity contribution in [3.63, 3.8) is 0 Å². The summed E-state index contributed by atoms with van der Waals surface area (Å²) < 4.78 is 8.92. The average Bonchev–Trinajstić information content (AvgIpc) is 2.35. The Kier molecular flexibility index (Phi) is 8.88. The van der Waals surface area contributed by atoms with Crippen LogP contribution >= 0.6 is 0 Å². The van der Waals surface area contributed by atoms with Crippen molar-refractivity contribution < 1.29 is 19.1 Å². The van der Waals surface area contributed by atoms with Crippen LogP contribution in [-0.2, 0) is 19.1 Å². The minimum atomic E-state index is -0.705. The molecule has 0 spiro atoms. The van der Waals surface area contributed by atoms with Crippen molar-refractivity contribution >= 4 is 11.9 Å². The Morgan fingerprint density at radius 2 is 1.56 bits per heavy atom. The first-order valence-electron chi connectivity index (χ1n) is 5.70. The van der Waals surface area contributed by atoms with Crippen LogP contribution in [0.2, 0.25) is 0 Å². The predicted octanol–water partition coefficient (Wildman–Crippen LogP) is 2.16. The monoisotopic (exact) mass is 257 g/mol. The Hall–Kier alpha value is -1.57. The maximum Gasteiger partial charge on any atom is 0.312 e. The third-order valence-corrected chi connectivity index (χ3v) is 2.66. The van der Waals surface area contributed by atoms with Gasteiger partial charge in [-0.3, -0.25) is 9.59 Å². The van der Waals surface area contributed by atoms with E-state index in [0.717, 1.165) is 0 Å². The van der Waals surface area contributed by atoms with E-state index < -0.39 is 5.41 Å². The van der Waals surface area contributed by atoms with Crippen molar-refractivity contribution in [1.82, 2.24) is 0 Å². The summed E-state index contributed by atoms with van der Waals surface area (Å²) >= 11 is 0. The van der Waals surface area contributed by atoms with E-state index in [1.54, 1.807) is 34.6 Å². The van der Waals surface area contributed by atoms with Gasteiger partial charge in [-0.25, -0.2) is 0 Å². The average molecular weight is 257 g/mol. The largest absolute Gasteiger partial charge is 0.469 e. The highest BCUT2D eigenvalue weighted by molar-refractivity contribution is 5.76. The van der Waals surface area contributed by atoms with Crippen LogP contribution < -0.4 is 0 Å². The number of nitrogens with zero attached hydrogens (tertiary/aromatic N) is 1. The van der Waals surface area contributed by atoms with Crippen molar-refractivity contribution in [2.24, 2.45) is 17.3 Å². The predicted molar refractivity (Wildman–Crippen MR) is 67.4 cm³/mol. The van der Waals surface area contributed by atoms with Gasteiger partial charge in [-0.2, -0.15) is 5.26 Å². The minimum absolute atomic E-state index is 0.00463. The summed E-state index contributed by atoms with van der Waals surface area (Å²) in [5.41, 5.74) is -0.705. The lowest BCUT2D eigenvalue weighted by atomic mass is 9.81. The molecule has 0 heterocycles. The summed E-state index contributed by atoms with van der Waals surface area (Å²) in [6, 6.07) is 2.02. The quantitative estimate of drug-likeness (QED) is 0.724. The highest BCUT2D eigenvalue weighted by atomic mass is 16.5. The van der Waals surface area contributed by atoms with Gasteiger partial charge >= 0.3 is 11.9 Å². The number of hydrogen-bond acceptors (Lipinski definition) is 5. The van der Waals surface area contributed by atoms with Crippen molar-refractivity contribution in [2.75, 3.05) is 14.2 Å². The number of methoxy groups -OCH3 is 2. The Balaban J connectivity index is 0. The molecule has 0 aromatic carbocycles. The number of nitriles is 1. The molecular formula is C13H23NO4. The number of esters is 2. The molecule has 5 nitrogen and oxygen atoms in total. The number of ether oxygens (including phenoxy) is 2. The molecule has 0 aromatic heterocycles. The first kappa shape index (κ1) is 18.8. The van der Waals surface area contributed by atoms with E-state index in [9.17, 15) is 9.59 Å². The fourth-order valence-electron chi connectivity index (χ4n) is 0.837. The van der Waals surface area contributed by atoms with E-state index in [1.165, 1.54) is 14.2 Å². The van der Waals surface area contributed by atoms with Gasteiger partial charge in [0.2, 0.25) is 0 Å². The van der Waals surface area contributed by atoms with Crippen LogP contribution in [0.15, 0.2) is 0 Å². The fraction of sp³-hybridized carbons (Fsp3) is 0.769. The van der Waals surface area contributed by atoms with Crippen LogP contribution in [0, 0.1) is 28.6 Å². The number of carbonyl (C=O) groups excluding carboxylic acids is 2. The molecule has 0 radical (unpaired) electrons. The van der Waals surface area contributed by atoms with Crippen molar-refractivity contribution in [2.45, 2.75) is 34.6 Å². The second kappa shape index (κ2) is 8.51. The highest BCUT2D eigenvalue weighted by Gasteiger charge is 2.34. The Morgan fingerprint density at radius 3 is 1.72 bits per heavy atom. The molecule has 0 aromatic rings. The Bertz CT molecular complexity index is 315. The van der Waals surface area contributed by atoms with Gasteiger partial charge in [-0.05, 0) is 20.8 Å². The molecule has 0 aliphatic carbocycles. The zero-order chi connectivity index (χ0) is 14.9. The molecule has 0 saturated heterocycles. The summed E-state index contributed by atoms with van der Waals surface area (Å²) in [5.74, 6) is -0.813. The molecule has 0 fully saturated rings. The molecule has 0 rings (SSSR count). The van der Waals surface area contributed by atoms with Crippen LogP contribution in [0.5, 0.6) is 0 Å². The van der Waals surface area contributed by atoms with Crippen molar-refractivity contribution in [3.05, 3.63) is 0 Å². The van der Waals surface area contributed by atoms with E-state index >= 15 is 0 Å². The van der Waals surface area contributed by atoms with Crippen LogP contribution in [-0.4, -0.2) is 26.2 Å². The highest BCUT2D eigenvalue weighted by Crippen LogP contribution is 2.26. The molecule has 1 atom stereocenters. The fourth-order valence-corrected chi connectivity index (χ4v) is 0.837. The lowest BCUT2D eigenvalue weighted by Gasteiger charge is -2.23. The van der Waals surface area contributed by atoms with E-state index in [4.69, 9.17) is 5.26 Å². The zero-order valence-corrected chi connectivity index (χ0v) is 12.2. The minimum Gasteiger partial charge on any atom is -0.469 e. The molecule has 1 unspecified atom stereocenters. The molecule has 0 amide bonds. The molecule has 0 N–H and O–H groups in total. The van der Waals surface area contributed by atoms with Gasteiger partial charge in [-0.1, -0.05) is 13.8 Å². The van der Waals surface area contributed by atoms with Gasteiger partial charge in [0, 0.05) is 0 Å². The normalized spacial score (nSPS) is 11.7. The maximum atomic E-state index is 11.1. The molecule has 5 heteroatoms. The topological polar surface area (TPSA) is 76.4 Å². The van der Waals surface area contributed by atoms with Gasteiger partial charge in [0.15, 0.2) is 0 Å². The first-order chi connectivity index (χ1) is 8.14. The number of rotatable bonds is 3. The van der Waals surface area contributed by atoms with Gasteiger partial charge in [0.1, 0.15) is 0 Å². The molecule has 104 valence electrons. The third kappa shape index (κ3) is 6.24. The molecule has 0 bridgehead atoms. The van der Waals surface area contributed by atoms with E-state index in [-0.39, 0.29) is 23.8 Å². The maximum absolute atomic E-state index is 11.1. The van der Waals surface area contributed by atoms with E-state index in [0.29, 0.717) is 0 Å². The molecule has 18 heavy (non-hydrogen) atoms. The van der Waals surface area contributed by atoms with Gasteiger partial charge in [-0.15, -0.1) is 0 Å². The van der Waals surface area contributed by atoms with Gasteiger partial charge in [0.25, 0.3) is 0 Å². The van der Waals surface area contributed by atoms with Crippen LogP contribution in [0.25, 0.3) is 0 Å². The lowest BCUT2D eigenvalue weighted by Crippen LogP contribution is -2.31. The van der Waals surface area contributed by atoms with Crippen LogP contribution in [0.3, 0.4) is 0 Å². The van der Waals surface area contributed by atoms with Crippen LogP contribution in [0.4, 0.5) is 0 Å². The standard InChI is InChI=1S/C8H13NO2.C5H10O2/c1-6(5-9)8(2,3)7(10)11-4;1-4(2)5(6)7-3/h6H,1-4H3;4H,1-3H3. The van der Waals surface area contributed by atoms with Crippen LogP contribution in [0.1, 0.15) is 34.6 Å². The number of hydrogen-bond donors (Lipinski definition) is 0. The Labute approximate surface area is 109 Å². The van der Waals surface area contributed by atoms with E-state index in [2.05, 4.69) is 9.47 Å². The summed E-state index contributed by atoms with van der Waals surface area (Å²) in [6.45, 7) is 8.70. The summed E-state index contributed by atoms with van der Waals surface area (Å²) in [5, 5.41) is 8.56. The third-order valence-electron chi connectivity index (χ3n) is 2.66. The second-order valence-corrected chi connectivity index (χ2v) is 4.74. The SMILES string of the molecule is COC(=O)C(C)(C)C(C)C#N.COC(=O)C(C)C. The summed E-state index contributed by atoms with van der Waals surface area (Å²) in [6.07, 6.45) is 0. The van der Waals surface area contributed by atoms with Gasteiger partial charge in [0.05, 0.1) is 37.5 Å². The molecular weight excluding hydrogens is 234 g/mol. The van der Waals surface area contributed by atoms with E-state index in [1.807, 2.05) is 6.07 Å². The molecule has 0 aliphatic heterocycles. The van der Waals surface area contributed by atoms with Crippen molar-refractivity contribution in [3.8, 4) is 6.07 Å². The summed E-state index contributed by atoms with van der Waals surface area (Å²) in [7, 11) is 2.72. The second-order valence-electron chi connectivity index (χ2n) is 4.74. The van der Waals surface area contributed by atoms with Gasteiger partial charge < -0.3 is 9.47 Å². The number of carbonyl (C=O) groups is 2. The zero-order valence-electron chi connectivity index (χ0n) is 12.2. The first-order valence-corrected chi connectivity index (χ1v) is 5.70. The smallest absolute Gasteiger partial charge is 0.312 e. The Morgan fingerprint density at radius 1 is 1.11 bits per heavy atom. The summed E-state index contributed by atoms with van der Waals surface area (Å²) in [4.78, 5) is 21.3.